The first kappa shape index (κ1) is 17.4. The van der Waals surface area contributed by atoms with Crippen LogP contribution in [0.2, 0.25) is 0 Å². The Kier molecular flexibility index (Phi) is 5.66. The lowest BCUT2D eigenvalue weighted by Crippen LogP contribution is -2.40. The molecular formula is C20H23FN2O2. The van der Waals surface area contributed by atoms with E-state index >= 15 is 0 Å². The molecule has 0 bridgehead atoms. The molecule has 3 rings (SSSR count). The van der Waals surface area contributed by atoms with Crippen molar-refractivity contribution in [1.82, 2.24) is 10.2 Å². The first-order valence-corrected chi connectivity index (χ1v) is 8.51. The molecule has 4 nitrogen and oxygen atoms in total. The maximum absolute atomic E-state index is 13.0. The minimum Gasteiger partial charge on any atom is -0.380 e. The zero-order chi connectivity index (χ0) is 17.6. The van der Waals surface area contributed by atoms with Gasteiger partial charge in [-0.2, -0.15) is 0 Å². The average Bonchev–Trinajstić information content (AvgIpc) is 3.45. The van der Waals surface area contributed by atoms with Crippen LogP contribution in [-0.2, 0) is 24.4 Å². The Morgan fingerprint density at radius 2 is 1.88 bits per heavy atom. The summed E-state index contributed by atoms with van der Waals surface area (Å²) >= 11 is 0. The molecule has 2 aromatic carbocycles. The third-order valence-electron chi connectivity index (χ3n) is 4.26. The van der Waals surface area contributed by atoms with Crippen LogP contribution in [0.1, 0.15) is 29.5 Å². The first-order valence-electron chi connectivity index (χ1n) is 8.51. The Morgan fingerprint density at radius 1 is 1.16 bits per heavy atom. The van der Waals surface area contributed by atoms with Crippen molar-refractivity contribution in [2.45, 2.75) is 38.6 Å². The Hall–Kier alpha value is -2.40. The van der Waals surface area contributed by atoms with Crippen LogP contribution in [0.25, 0.3) is 0 Å². The van der Waals surface area contributed by atoms with Gasteiger partial charge in [0.2, 0.25) is 0 Å². The summed E-state index contributed by atoms with van der Waals surface area (Å²) in [4.78, 5) is 14.4. The molecular weight excluding hydrogens is 319 g/mol. The normalized spacial score (nSPS) is 13.5. The van der Waals surface area contributed by atoms with Crippen LogP contribution in [0.4, 0.5) is 9.18 Å². The van der Waals surface area contributed by atoms with E-state index in [9.17, 15) is 9.18 Å². The first-order chi connectivity index (χ1) is 12.2. The minimum atomic E-state index is -0.262. The number of nitrogens with one attached hydrogen (secondary N) is 1. The van der Waals surface area contributed by atoms with Crippen LogP contribution >= 0.6 is 0 Å². The van der Waals surface area contributed by atoms with Gasteiger partial charge < -0.3 is 15.0 Å². The second kappa shape index (κ2) is 8.12. The molecule has 1 N–H and O–H groups in total. The van der Waals surface area contributed by atoms with Gasteiger partial charge in [-0.05, 0) is 41.7 Å². The van der Waals surface area contributed by atoms with Crippen molar-refractivity contribution in [3.8, 4) is 0 Å². The van der Waals surface area contributed by atoms with Crippen molar-refractivity contribution in [2.75, 3.05) is 7.11 Å². The third kappa shape index (κ3) is 5.03. The van der Waals surface area contributed by atoms with Gasteiger partial charge in [-0.3, -0.25) is 0 Å². The maximum atomic E-state index is 13.0. The van der Waals surface area contributed by atoms with E-state index in [0.29, 0.717) is 19.7 Å². The number of urea groups is 1. The van der Waals surface area contributed by atoms with E-state index in [2.05, 4.69) is 5.32 Å². The fourth-order valence-corrected chi connectivity index (χ4v) is 2.81. The monoisotopic (exact) mass is 342 g/mol. The SMILES string of the molecule is COCc1cccc(CNC(=O)N(Cc2ccc(F)cc2)C2CC2)c1. The van der Waals surface area contributed by atoms with E-state index in [-0.39, 0.29) is 17.9 Å². The van der Waals surface area contributed by atoms with Crippen LogP contribution in [0.5, 0.6) is 0 Å². The van der Waals surface area contributed by atoms with Crippen LogP contribution < -0.4 is 5.32 Å². The van der Waals surface area contributed by atoms with Crippen LogP contribution in [0, 0.1) is 5.82 Å². The number of benzene rings is 2. The number of amides is 2. The summed E-state index contributed by atoms with van der Waals surface area (Å²) in [6.45, 7) is 1.53. The highest BCUT2D eigenvalue weighted by molar-refractivity contribution is 5.75. The van der Waals surface area contributed by atoms with Crippen LogP contribution in [0.3, 0.4) is 0 Å². The van der Waals surface area contributed by atoms with Gasteiger partial charge in [-0.1, -0.05) is 36.4 Å². The number of halogens is 1. The number of rotatable bonds is 7. The molecule has 0 unspecified atom stereocenters. The lowest BCUT2D eigenvalue weighted by molar-refractivity contribution is 0.184. The summed E-state index contributed by atoms with van der Waals surface area (Å²) in [6.07, 6.45) is 2.05. The number of hydrogen-bond donors (Lipinski definition) is 1. The lowest BCUT2D eigenvalue weighted by atomic mass is 10.1. The number of nitrogens with zero attached hydrogens (tertiary/aromatic N) is 1. The van der Waals surface area contributed by atoms with E-state index in [1.54, 1.807) is 19.2 Å². The third-order valence-corrected chi connectivity index (χ3v) is 4.26. The molecule has 0 aliphatic heterocycles. The molecule has 2 amide bonds. The number of carbonyl (C=O) groups is 1. The molecule has 25 heavy (non-hydrogen) atoms. The maximum Gasteiger partial charge on any atom is 0.318 e. The summed E-state index contributed by atoms with van der Waals surface area (Å²) in [7, 11) is 1.66. The van der Waals surface area contributed by atoms with E-state index in [0.717, 1.165) is 29.5 Å². The molecule has 0 radical (unpaired) electrons. The summed E-state index contributed by atoms with van der Waals surface area (Å²) < 4.78 is 18.2. The molecule has 1 aliphatic rings. The second-order valence-corrected chi connectivity index (χ2v) is 6.40. The molecule has 0 aromatic heterocycles. The minimum absolute atomic E-state index is 0.0797. The van der Waals surface area contributed by atoms with Gasteiger partial charge in [-0.25, -0.2) is 9.18 Å². The van der Waals surface area contributed by atoms with Gasteiger partial charge in [0.1, 0.15) is 5.82 Å². The highest BCUT2D eigenvalue weighted by Gasteiger charge is 2.32. The standard InChI is InChI=1S/C20H23FN2O2/c1-25-14-17-4-2-3-16(11-17)12-22-20(24)23(19-9-10-19)13-15-5-7-18(21)8-6-15/h2-8,11,19H,9-10,12-14H2,1H3,(H,22,24). The summed E-state index contributed by atoms with van der Waals surface area (Å²) in [5.74, 6) is -0.262. The predicted molar refractivity (Wildman–Crippen MR) is 94.4 cm³/mol. The summed E-state index contributed by atoms with van der Waals surface area (Å²) in [6, 6.07) is 14.5. The van der Waals surface area contributed by atoms with Gasteiger partial charge >= 0.3 is 6.03 Å². The predicted octanol–water partition coefficient (Wildman–Crippen LogP) is 3.85. The molecule has 1 aliphatic carbocycles. The second-order valence-electron chi connectivity index (χ2n) is 6.40. The molecule has 2 aromatic rings. The van der Waals surface area contributed by atoms with Gasteiger partial charge in [0.05, 0.1) is 6.61 Å². The molecule has 1 fully saturated rings. The smallest absolute Gasteiger partial charge is 0.318 e. The fourth-order valence-electron chi connectivity index (χ4n) is 2.81. The summed E-state index contributed by atoms with van der Waals surface area (Å²) in [5.41, 5.74) is 3.06. The fraction of sp³-hybridized carbons (Fsp3) is 0.350. The highest BCUT2D eigenvalue weighted by Crippen LogP contribution is 2.28. The zero-order valence-electron chi connectivity index (χ0n) is 14.4. The Labute approximate surface area is 147 Å². The van der Waals surface area contributed by atoms with Gasteiger partial charge in [0, 0.05) is 26.2 Å². The van der Waals surface area contributed by atoms with Gasteiger partial charge in [0.25, 0.3) is 0 Å². The number of carbonyl (C=O) groups excluding carboxylic acids is 1. The van der Waals surface area contributed by atoms with E-state index < -0.39 is 0 Å². The molecule has 0 heterocycles. The van der Waals surface area contributed by atoms with E-state index in [1.807, 2.05) is 29.2 Å². The quantitative estimate of drug-likeness (QED) is 0.830. The van der Waals surface area contributed by atoms with Gasteiger partial charge in [-0.15, -0.1) is 0 Å². The Balaban J connectivity index is 1.59. The largest absolute Gasteiger partial charge is 0.380 e. The topological polar surface area (TPSA) is 41.6 Å². The van der Waals surface area contributed by atoms with Crippen molar-refractivity contribution in [3.05, 3.63) is 71.0 Å². The number of methoxy groups -OCH3 is 1. The zero-order valence-corrected chi connectivity index (χ0v) is 14.4. The molecule has 0 saturated heterocycles. The van der Waals surface area contributed by atoms with Crippen molar-refractivity contribution in [1.29, 1.82) is 0 Å². The number of hydrogen-bond acceptors (Lipinski definition) is 2. The van der Waals surface area contributed by atoms with Crippen LogP contribution in [-0.4, -0.2) is 24.1 Å². The molecule has 0 spiro atoms. The van der Waals surface area contributed by atoms with Gasteiger partial charge in [0.15, 0.2) is 0 Å². The number of ether oxygens (including phenoxy) is 1. The average molecular weight is 342 g/mol. The van der Waals surface area contributed by atoms with Crippen molar-refractivity contribution >= 4 is 6.03 Å². The molecule has 132 valence electrons. The van der Waals surface area contributed by atoms with Crippen molar-refractivity contribution in [2.24, 2.45) is 0 Å². The molecule has 0 atom stereocenters. The molecule has 1 saturated carbocycles. The summed E-state index contributed by atoms with van der Waals surface area (Å²) in [5, 5.41) is 2.99. The highest BCUT2D eigenvalue weighted by atomic mass is 19.1. The Morgan fingerprint density at radius 3 is 2.56 bits per heavy atom. The molecule has 5 heteroatoms. The van der Waals surface area contributed by atoms with Crippen LogP contribution in [0.15, 0.2) is 48.5 Å². The van der Waals surface area contributed by atoms with E-state index in [1.165, 1.54) is 12.1 Å². The lowest BCUT2D eigenvalue weighted by Gasteiger charge is -2.23. The van der Waals surface area contributed by atoms with E-state index in [4.69, 9.17) is 4.74 Å². The Bertz CT molecular complexity index is 714. The van der Waals surface area contributed by atoms with Crippen molar-refractivity contribution in [3.63, 3.8) is 0 Å². The van der Waals surface area contributed by atoms with Crippen molar-refractivity contribution < 1.29 is 13.9 Å².